The van der Waals surface area contributed by atoms with Crippen molar-refractivity contribution in [1.29, 1.82) is 0 Å². The highest BCUT2D eigenvalue weighted by Gasteiger charge is 2.27. The molecule has 2 atom stereocenters. The van der Waals surface area contributed by atoms with E-state index in [4.69, 9.17) is 10.3 Å². The van der Waals surface area contributed by atoms with Gasteiger partial charge in [0.25, 0.3) is 0 Å². The van der Waals surface area contributed by atoms with E-state index >= 15 is 0 Å². The van der Waals surface area contributed by atoms with Gasteiger partial charge in [-0.3, -0.25) is 4.79 Å². The van der Waals surface area contributed by atoms with E-state index in [1.54, 1.807) is 33.8 Å². The van der Waals surface area contributed by atoms with E-state index in [9.17, 15) is 13.2 Å². The third-order valence-electron chi connectivity index (χ3n) is 3.52. The first-order chi connectivity index (χ1) is 11.1. The number of carbonyl (C=O) groups is 1. The van der Waals surface area contributed by atoms with Crippen LogP contribution in [0.15, 0.2) is 28.2 Å². The number of rotatable bonds is 7. The van der Waals surface area contributed by atoms with Gasteiger partial charge >= 0.3 is 5.97 Å². The number of hydrogen-bond donors (Lipinski definition) is 1. The Bertz CT molecular complexity index is 755. The fourth-order valence-corrected chi connectivity index (χ4v) is 2.80. The smallest absolute Gasteiger partial charge is 0.308 e. The Hall–Kier alpha value is -2.09. The largest absolute Gasteiger partial charge is 0.457 e. The van der Waals surface area contributed by atoms with Gasteiger partial charge in [0, 0.05) is 4.91 Å². The maximum atomic E-state index is 12.0. The normalized spacial score (nSPS) is 13.4. The van der Waals surface area contributed by atoms with Gasteiger partial charge in [-0.2, -0.15) is 0 Å². The van der Waals surface area contributed by atoms with E-state index in [1.807, 2.05) is 0 Å². The van der Waals surface area contributed by atoms with E-state index in [0.29, 0.717) is 5.56 Å². The summed E-state index contributed by atoms with van der Waals surface area (Å²) in [6.07, 6.45) is -0.872. The SMILES string of the molecule is C.CNS(=O)(=O)c1ccc(C)c(C(OC(=O)C(C)C)C(C)N=[N+]=[N-])c1. The highest BCUT2D eigenvalue weighted by Crippen LogP contribution is 2.29. The summed E-state index contributed by atoms with van der Waals surface area (Å²) in [5.74, 6) is -0.823. The summed E-state index contributed by atoms with van der Waals surface area (Å²) in [6, 6.07) is 3.83. The van der Waals surface area contributed by atoms with Crippen molar-refractivity contribution in [1.82, 2.24) is 4.72 Å². The van der Waals surface area contributed by atoms with Crippen molar-refractivity contribution in [2.45, 2.75) is 52.2 Å². The molecule has 0 saturated carbocycles. The van der Waals surface area contributed by atoms with Crippen LogP contribution >= 0.6 is 0 Å². The van der Waals surface area contributed by atoms with Gasteiger partial charge in [-0.05, 0) is 42.8 Å². The molecule has 1 aromatic carbocycles. The van der Waals surface area contributed by atoms with Crippen LogP contribution in [-0.2, 0) is 19.6 Å². The van der Waals surface area contributed by atoms with E-state index in [-0.39, 0.29) is 18.2 Å². The maximum absolute atomic E-state index is 12.0. The second-order valence-corrected chi connectivity index (χ2v) is 7.57. The summed E-state index contributed by atoms with van der Waals surface area (Å²) in [6.45, 7) is 6.75. The quantitative estimate of drug-likeness (QED) is 0.342. The summed E-state index contributed by atoms with van der Waals surface area (Å²) in [5, 5.41) is 3.61. The van der Waals surface area contributed by atoms with Crippen LogP contribution in [-0.4, -0.2) is 27.5 Å². The molecule has 0 bridgehead atoms. The molecule has 0 saturated heterocycles. The van der Waals surface area contributed by atoms with Crippen LogP contribution in [0.25, 0.3) is 10.4 Å². The van der Waals surface area contributed by atoms with Crippen LogP contribution in [0, 0.1) is 12.8 Å². The topological polar surface area (TPSA) is 121 Å². The van der Waals surface area contributed by atoms with Crippen molar-refractivity contribution >= 4 is 16.0 Å². The van der Waals surface area contributed by atoms with E-state index in [1.165, 1.54) is 19.2 Å². The third kappa shape index (κ3) is 5.74. The van der Waals surface area contributed by atoms with E-state index in [2.05, 4.69) is 14.7 Å². The Morgan fingerprint density at radius 3 is 2.40 bits per heavy atom. The van der Waals surface area contributed by atoms with Gasteiger partial charge in [-0.15, -0.1) is 0 Å². The average molecular weight is 370 g/mol. The Balaban J connectivity index is 0.00000576. The molecule has 25 heavy (non-hydrogen) atoms. The van der Waals surface area contributed by atoms with Crippen LogP contribution in [0.2, 0.25) is 0 Å². The lowest BCUT2D eigenvalue weighted by Crippen LogP contribution is -2.24. The minimum atomic E-state index is -3.65. The number of sulfonamides is 1. The van der Waals surface area contributed by atoms with Crippen LogP contribution < -0.4 is 4.72 Å². The van der Waals surface area contributed by atoms with Gasteiger partial charge < -0.3 is 4.74 Å². The van der Waals surface area contributed by atoms with Gasteiger partial charge in [0.1, 0.15) is 6.10 Å². The molecule has 0 radical (unpaired) electrons. The maximum Gasteiger partial charge on any atom is 0.308 e. The van der Waals surface area contributed by atoms with Crippen molar-refractivity contribution < 1.29 is 17.9 Å². The molecule has 0 fully saturated rings. The lowest BCUT2D eigenvalue weighted by atomic mass is 9.98. The number of nitrogens with one attached hydrogen (secondary N) is 1. The zero-order valence-corrected chi connectivity index (χ0v) is 15.2. The number of ether oxygens (including phenoxy) is 1. The second kappa shape index (κ2) is 9.41. The van der Waals surface area contributed by atoms with E-state index < -0.39 is 28.1 Å². The lowest BCUT2D eigenvalue weighted by molar-refractivity contribution is -0.154. The summed E-state index contributed by atoms with van der Waals surface area (Å²) in [5.41, 5.74) is 9.89. The molecule has 140 valence electrons. The molecular formula is C16H26N4O4S. The average Bonchev–Trinajstić information content (AvgIpc) is 2.53. The molecule has 0 aliphatic rings. The third-order valence-corrected chi connectivity index (χ3v) is 4.93. The first-order valence-electron chi connectivity index (χ1n) is 7.42. The Labute approximate surface area is 149 Å². The van der Waals surface area contributed by atoms with Gasteiger partial charge in [-0.25, -0.2) is 13.1 Å². The highest BCUT2D eigenvalue weighted by atomic mass is 32.2. The van der Waals surface area contributed by atoms with Gasteiger partial charge in [0.15, 0.2) is 0 Å². The summed E-state index contributed by atoms with van der Waals surface area (Å²) in [4.78, 5) is 14.8. The zero-order chi connectivity index (χ0) is 18.5. The van der Waals surface area contributed by atoms with Gasteiger partial charge in [0.05, 0.1) is 16.9 Å². The molecule has 0 aromatic heterocycles. The van der Waals surface area contributed by atoms with Crippen molar-refractivity contribution in [2.75, 3.05) is 7.05 Å². The van der Waals surface area contributed by atoms with Crippen LogP contribution in [0.3, 0.4) is 0 Å². The van der Waals surface area contributed by atoms with E-state index in [0.717, 1.165) is 5.56 Å². The molecule has 0 amide bonds. The molecule has 1 aromatic rings. The highest BCUT2D eigenvalue weighted by molar-refractivity contribution is 7.89. The fourth-order valence-electron chi connectivity index (χ4n) is 2.04. The number of hydrogen-bond acceptors (Lipinski definition) is 5. The summed E-state index contributed by atoms with van der Waals surface area (Å²) < 4.78 is 31.7. The van der Waals surface area contributed by atoms with Gasteiger partial charge in [0.2, 0.25) is 10.0 Å². The lowest BCUT2D eigenvalue weighted by Gasteiger charge is -2.24. The second-order valence-electron chi connectivity index (χ2n) is 5.68. The van der Waals surface area contributed by atoms with Crippen molar-refractivity contribution in [2.24, 2.45) is 11.0 Å². The van der Waals surface area contributed by atoms with Crippen LogP contribution in [0.1, 0.15) is 45.4 Å². The Kier molecular flexibility index (Phi) is 8.62. The van der Waals surface area contributed by atoms with Crippen molar-refractivity contribution in [3.63, 3.8) is 0 Å². The van der Waals surface area contributed by atoms with Gasteiger partial charge in [-0.1, -0.05) is 39.4 Å². The number of esters is 1. The van der Waals surface area contributed by atoms with Crippen LogP contribution in [0.5, 0.6) is 0 Å². The number of nitrogens with zero attached hydrogens (tertiary/aromatic N) is 3. The molecule has 0 aliphatic heterocycles. The molecule has 1 N–H and O–H groups in total. The number of azide groups is 1. The summed E-state index contributed by atoms with van der Waals surface area (Å²) in [7, 11) is -2.33. The van der Waals surface area contributed by atoms with Crippen molar-refractivity contribution in [3.8, 4) is 0 Å². The standard InChI is InChI=1S/C15H22N4O4S.CH4/c1-9(2)15(20)23-14(11(4)18-19-16)13-8-12(7-6-10(13)3)24(21,22)17-5;/h6-9,11,14,17H,1-5H3;1H4. The first kappa shape index (κ1) is 22.9. The Morgan fingerprint density at radius 1 is 1.32 bits per heavy atom. The number of carbonyl (C=O) groups excluding carboxylic acids is 1. The molecule has 0 heterocycles. The predicted molar refractivity (Wildman–Crippen MR) is 96.4 cm³/mol. The first-order valence-corrected chi connectivity index (χ1v) is 8.91. The molecule has 9 heteroatoms. The van der Waals surface area contributed by atoms with Crippen LogP contribution in [0.4, 0.5) is 0 Å². The minimum absolute atomic E-state index is 0. The molecule has 8 nitrogen and oxygen atoms in total. The molecule has 1 rings (SSSR count). The molecule has 0 spiro atoms. The molecular weight excluding hydrogens is 344 g/mol. The summed E-state index contributed by atoms with van der Waals surface area (Å²) >= 11 is 0. The molecule has 0 aliphatic carbocycles. The zero-order valence-electron chi connectivity index (χ0n) is 14.3. The predicted octanol–water partition coefficient (Wildman–Crippen LogP) is 3.48. The fraction of sp³-hybridized carbons (Fsp3) is 0.562. The number of benzene rings is 1. The molecule has 2 unspecified atom stereocenters. The Morgan fingerprint density at radius 2 is 1.92 bits per heavy atom. The minimum Gasteiger partial charge on any atom is -0.457 e. The van der Waals surface area contributed by atoms with Crippen molar-refractivity contribution in [3.05, 3.63) is 39.8 Å². The monoisotopic (exact) mass is 370 g/mol. The number of aryl methyl sites for hydroxylation is 1.